The standard InChI is InChI=1S/C25H22ClN3/c1-17-6-2-3-8-20(17)22-10-4-9-21-19(16-28-23(21)22)7-5-14-29-15-12-18-11-13-27-25(26)24(18)29/h2-4,6,8-13,15-16,28H,5,7,14H2,1H3. The predicted octanol–water partition coefficient (Wildman–Crippen LogP) is 6.78. The summed E-state index contributed by atoms with van der Waals surface area (Å²) in [5.74, 6) is 0. The number of nitrogens with one attached hydrogen (secondary N) is 1. The second kappa shape index (κ2) is 7.41. The lowest BCUT2D eigenvalue weighted by Crippen LogP contribution is -1.98. The molecule has 4 heteroatoms. The summed E-state index contributed by atoms with van der Waals surface area (Å²) in [6.07, 6.45) is 8.07. The fourth-order valence-corrected chi connectivity index (χ4v) is 4.52. The van der Waals surface area contributed by atoms with Gasteiger partial charge in [0, 0.05) is 41.5 Å². The molecule has 0 saturated heterocycles. The van der Waals surface area contributed by atoms with E-state index < -0.39 is 0 Å². The van der Waals surface area contributed by atoms with Crippen LogP contribution in [0.1, 0.15) is 17.5 Å². The molecular weight excluding hydrogens is 378 g/mol. The van der Waals surface area contributed by atoms with Crippen molar-refractivity contribution in [3.8, 4) is 11.1 Å². The molecule has 0 aliphatic heterocycles. The van der Waals surface area contributed by atoms with Crippen LogP contribution in [-0.2, 0) is 13.0 Å². The van der Waals surface area contributed by atoms with Crippen LogP contribution in [0.15, 0.2) is 73.2 Å². The summed E-state index contributed by atoms with van der Waals surface area (Å²) >= 11 is 6.31. The van der Waals surface area contributed by atoms with Gasteiger partial charge in [0.1, 0.15) is 0 Å². The van der Waals surface area contributed by atoms with E-state index in [-0.39, 0.29) is 0 Å². The molecule has 3 nitrogen and oxygen atoms in total. The average Bonchev–Trinajstić information content (AvgIpc) is 3.34. The van der Waals surface area contributed by atoms with Gasteiger partial charge in [-0.1, -0.05) is 54.1 Å². The van der Waals surface area contributed by atoms with E-state index >= 15 is 0 Å². The Balaban J connectivity index is 1.40. The number of H-pyrrole nitrogens is 1. The number of halogens is 1. The molecule has 0 aliphatic carbocycles. The van der Waals surface area contributed by atoms with Gasteiger partial charge in [0.05, 0.1) is 11.0 Å². The van der Waals surface area contributed by atoms with Gasteiger partial charge in [0.25, 0.3) is 0 Å². The van der Waals surface area contributed by atoms with Crippen molar-refractivity contribution >= 4 is 33.4 Å². The smallest absolute Gasteiger partial charge is 0.153 e. The minimum atomic E-state index is 0.572. The van der Waals surface area contributed by atoms with Crippen molar-refractivity contribution in [1.82, 2.24) is 14.5 Å². The van der Waals surface area contributed by atoms with E-state index in [1.807, 2.05) is 6.07 Å². The van der Waals surface area contributed by atoms with Crippen molar-refractivity contribution in [1.29, 1.82) is 0 Å². The molecule has 0 aliphatic rings. The molecule has 0 spiro atoms. The summed E-state index contributed by atoms with van der Waals surface area (Å²) in [4.78, 5) is 7.75. The molecule has 3 aromatic heterocycles. The summed E-state index contributed by atoms with van der Waals surface area (Å²) in [6, 6.07) is 19.2. The molecule has 5 rings (SSSR count). The Morgan fingerprint density at radius 2 is 1.86 bits per heavy atom. The van der Waals surface area contributed by atoms with E-state index in [0.717, 1.165) is 30.3 Å². The number of aryl methyl sites for hydroxylation is 3. The zero-order chi connectivity index (χ0) is 19.8. The molecule has 29 heavy (non-hydrogen) atoms. The highest BCUT2D eigenvalue weighted by Gasteiger charge is 2.11. The van der Waals surface area contributed by atoms with Gasteiger partial charge in [0.2, 0.25) is 0 Å². The summed E-state index contributed by atoms with van der Waals surface area (Å²) in [6.45, 7) is 3.08. The third-order valence-corrected chi connectivity index (χ3v) is 5.99. The maximum atomic E-state index is 6.31. The second-order valence-electron chi connectivity index (χ2n) is 7.51. The van der Waals surface area contributed by atoms with Crippen LogP contribution in [0.4, 0.5) is 0 Å². The van der Waals surface area contributed by atoms with Crippen LogP contribution in [0, 0.1) is 6.92 Å². The topological polar surface area (TPSA) is 33.6 Å². The number of pyridine rings is 1. The summed E-state index contributed by atoms with van der Waals surface area (Å²) in [7, 11) is 0. The van der Waals surface area contributed by atoms with Crippen molar-refractivity contribution in [2.45, 2.75) is 26.3 Å². The number of hydrogen-bond donors (Lipinski definition) is 1. The molecule has 2 aromatic carbocycles. The van der Waals surface area contributed by atoms with Gasteiger partial charge in [-0.25, -0.2) is 4.98 Å². The first-order valence-corrected chi connectivity index (χ1v) is 10.3. The molecule has 0 fully saturated rings. The Kier molecular flexibility index (Phi) is 4.61. The molecule has 0 saturated carbocycles. The quantitative estimate of drug-likeness (QED) is 0.325. The zero-order valence-electron chi connectivity index (χ0n) is 16.3. The van der Waals surface area contributed by atoms with Crippen LogP contribution in [0.5, 0.6) is 0 Å². The fourth-order valence-electron chi connectivity index (χ4n) is 4.25. The third-order valence-electron chi connectivity index (χ3n) is 5.71. The average molecular weight is 400 g/mol. The SMILES string of the molecule is Cc1ccccc1-c1cccc2c(CCCn3ccc4ccnc(Cl)c43)c[nH]c12. The number of nitrogens with zero attached hydrogens (tertiary/aromatic N) is 2. The minimum absolute atomic E-state index is 0.572. The molecule has 0 bridgehead atoms. The van der Waals surface area contributed by atoms with Crippen LogP contribution in [0.25, 0.3) is 32.9 Å². The van der Waals surface area contributed by atoms with Crippen LogP contribution in [0.3, 0.4) is 0 Å². The number of rotatable bonds is 5. The van der Waals surface area contributed by atoms with E-state index in [0.29, 0.717) is 5.15 Å². The van der Waals surface area contributed by atoms with Crippen LogP contribution in [-0.4, -0.2) is 14.5 Å². The van der Waals surface area contributed by atoms with Crippen LogP contribution < -0.4 is 0 Å². The molecular formula is C25H22ClN3. The third kappa shape index (κ3) is 3.22. The van der Waals surface area contributed by atoms with Gasteiger partial charge in [-0.15, -0.1) is 0 Å². The molecule has 0 atom stereocenters. The molecule has 0 radical (unpaired) electrons. The summed E-state index contributed by atoms with van der Waals surface area (Å²) in [5, 5.41) is 3.02. The molecule has 0 amide bonds. The highest BCUT2D eigenvalue weighted by molar-refractivity contribution is 6.33. The zero-order valence-corrected chi connectivity index (χ0v) is 17.1. The number of benzene rings is 2. The van der Waals surface area contributed by atoms with E-state index in [9.17, 15) is 0 Å². The Morgan fingerprint density at radius 1 is 1.00 bits per heavy atom. The normalized spacial score (nSPS) is 11.5. The van der Waals surface area contributed by atoms with E-state index in [1.54, 1.807) is 6.20 Å². The molecule has 144 valence electrons. The Bertz CT molecular complexity index is 1310. The van der Waals surface area contributed by atoms with E-state index in [4.69, 9.17) is 11.6 Å². The van der Waals surface area contributed by atoms with Crippen molar-refractivity contribution in [3.63, 3.8) is 0 Å². The number of fused-ring (bicyclic) bond motifs is 2. The number of hydrogen-bond acceptors (Lipinski definition) is 1. The Labute approximate surface area is 175 Å². The minimum Gasteiger partial charge on any atom is -0.360 e. The van der Waals surface area contributed by atoms with Gasteiger partial charge < -0.3 is 9.55 Å². The summed E-state index contributed by atoms with van der Waals surface area (Å²) < 4.78 is 2.21. The lowest BCUT2D eigenvalue weighted by Gasteiger charge is -2.08. The van der Waals surface area contributed by atoms with Crippen molar-refractivity contribution in [2.24, 2.45) is 0 Å². The highest BCUT2D eigenvalue weighted by atomic mass is 35.5. The van der Waals surface area contributed by atoms with Crippen molar-refractivity contribution in [3.05, 3.63) is 89.5 Å². The van der Waals surface area contributed by atoms with Gasteiger partial charge in [0.15, 0.2) is 5.15 Å². The molecule has 5 aromatic rings. The second-order valence-corrected chi connectivity index (χ2v) is 7.87. The first-order valence-electron chi connectivity index (χ1n) is 9.97. The highest BCUT2D eigenvalue weighted by Crippen LogP contribution is 2.32. The lowest BCUT2D eigenvalue weighted by atomic mass is 9.97. The van der Waals surface area contributed by atoms with Crippen molar-refractivity contribution < 1.29 is 0 Å². The van der Waals surface area contributed by atoms with Gasteiger partial charge in [-0.3, -0.25) is 0 Å². The van der Waals surface area contributed by atoms with Crippen LogP contribution >= 0.6 is 11.6 Å². The predicted molar refractivity (Wildman–Crippen MR) is 122 cm³/mol. The molecule has 0 unspecified atom stereocenters. The van der Waals surface area contributed by atoms with Crippen LogP contribution in [0.2, 0.25) is 5.15 Å². The summed E-state index contributed by atoms with van der Waals surface area (Å²) in [5.41, 5.74) is 7.44. The van der Waals surface area contributed by atoms with Gasteiger partial charge in [-0.05, 0) is 48.6 Å². The van der Waals surface area contributed by atoms with E-state index in [2.05, 4.69) is 82.4 Å². The molecule has 3 heterocycles. The number of para-hydroxylation sites is 1. The first-order chi connectivity index (χ1) is 14.2. The maximum absolute atomic E-state index is 6.31. The largest absolute Gasteiger partial charge is 0.360 e. The molecule has 1 N–H and O–H groups in total. The fraction of sp³-hybridized carbons (Fsp3) is 0.160. The lowest BCUT2D eigenvalue weighted by molar-refractivity contribution is 0.663. The first kappa shape index (κ1) is 18.0. The van der Waals surface area contributed by atoms with Gasteiger partial charge in [-0.2, -0.15) is 0 Å². The Morgan fingerprint density at radius 3 is 2.76 bits per heavy atom. The maximum Gasteiger partial charge on any atom is 0.153 e. The van der Waals surface area contributed by atoms with E-state index in [1.165, 1.54) is 33.2 Å². The number of aromatic nitrogens is 3. The van der Waals surface area contributed by atoms with Gasteiger partial charge >= 0.3 is 0 Å². The monoisotopic (exact) mass is 399 g/mol. The number of aromatic amines is 1. The Hall–Kier alpha value is -3.04. The van der Waals surface area contributed by atoms with Crippen molar-refractivity contribution in [2.75, 3.05) is 0 Å².